The number of ether oxygens (including phenoxy) is 2. The first kappa shape index (κ1) is 12.2. The van der Waals surface area contributed by atoms with E-state index in [1.54, 1.807) is 0 Å². The standard InChI is InChI=1S/C6H8O8/c1-11-3(5(7)13-9)4(12-2)6(8)14-10/h9-10H,1-2H3. The summed E-state index contributed by atoms with van der Waals surface area (Å²) in [6.45, 7) is 0. The molecule has 0 fully saturated rings. The molecule has 0 saturated carbocycles. The van der Waals surface area contributed by atoms with E-state index in [2.05, 4.69) is 19.2 Å². The molecule has 0 aromatic carbocycles. The van der Waals surface area contributed by atoms with E-state index in [9.17, 15) is 9.59 Å². The quantitative estimate of drug-likeness (QED) is 0.276. The predicted octanol–water partition coefficient (Wildman–Crippen LogP) is -0.477. The van der Waals surface area contributed by atoms with Gasteiger partial charge in [-0.1, -0.05) is 0 Å². The molecule has 0 aliphatic carbocycles. The first-order chi connectivity index (χ1) is 6.62. The predicted molar refractivity (Wildman–Crippen MR) is 38.5 cm³/mol. The van der Waals surface area contributed by atoms with Crippen molar-refractivity contribution in [1.29, 1.82) is 0 Å². The second-order valence-electron chi connectivity index (χ2n) is 1.82. The molecule has 0 aliphatic rings. The largest absolute Gasteiger partial charge is 0.487 e. The first-order valence-corrected chi connectivity index (χ1v) is 3.16. The van der Waals surface area contributed by atoms with Crippen molar-refractivity contribution in [1.82, 2.24) is 0 Å². The smallest absolute Gasteiger partial charge is 0.411 e. The fraction of sp³-hybridized carbons (Fsp3) is 0.333. The Morgan fingerprint density at radius 1 is 0.857 bits per heavy atom. The van der Waals surface area contributed by atoms with Crippen LogP contribution in [0.15, 0.2) is 11.5 Å². The van der Waals surface area contributed by atoms with Crippen molar-refractivity contribution in [3.8, 4) is 0 Å². The van der Waals surface area contributed by atoms with Crippen molar-refractivity contribution in [3.63, 3.8) is 0 Å². The van der Waals surface area contributed by atoms with Gasteiger partial charge in [-0.25, -0.2) is 9.59 Å². The summed E-state index contributed by atoms with van der Waals surface area (Å²) in [4.78, 5) is 28.1. The van der Waals surface area contributed by atoms with Crippen LogP contribution < -0.4 is 0 Å². The maximum atomic E-state index is 10.7. The molecule has 0 amide bonds. The van der Waals surface area contributed by atoms with Gasteiger partial charge in [0.2, 0.25) is 0 Å². The maximum absolute atomic E-state index is 10.7. The van der Waals surface area contributed by atoms with Gasteiger partial charge in [-0.15, -0.1) is 0 Å². The van der Waals surface area contributed by atoms with Crippen LogP contribution in [0.25, 0.3) is 0 Å². The van der Waals surface area contributed by atoms with Crippen molar-refractivity contribution in [2.24, 2.45) is 0 Å². The van der Waals surface area contributed by atoms with Crippen LogP contribution in [-0.2, 0) is 28.8 Å². The van der Waals surface area contributed by atoms with Gasteiger partial charge in [0.05, 0.1) is 14.2 Å². The molecule has 0 radical (unpaired) electrons. The van der Waals surface area contributed by atoms with Gasteiger partial charge < -0.3 is 9.47 Å². The zero-order valence-electron chi connectivity index (χ0n) is 7.34. The third kappa shape index (κ3) is 2.61. The van der Waals surface area contributed by atoms with E-state index in [1.165, 1.54) is 0 Å². The second kappa shape index (κ2) is 5.78. The van der Waals surface area contributed by atoms with Crippen LogP contribution in [-0.4, -0.2) is 36.7 Å². The average Bonchev–Trinajstić information content (AvgIpc) is 2.23. The molecule has 8 nitrogen and oxygen atoms in total. The Kier molecular flexibility index (Phi) is 5.04. The topological polar surface area (TPSA) is 112 Å². The first-order valence-electron chi connectivity index (χ1n) is 3.16. The van der Waals surface area contributed by atoms with Gasteiger partial charge >= 0.3 is 11.9 Å². The molecule has 8 heteroatoms. The minimum Gasteiger partial charge on any atom is -0.487 e. The molecule has 0 aromatic rings. The number of methoxy groups -OCH3 is 2. The molecular formula is C6H8O8. The molecule has 2 N–H and O–H groups in total. The summed E-state index contributed by atoms with van der Waals surface area (Å²) in [6.07, 6.45) is 0. The molecular weight excluding hydrogens is 200 g/mol. The highest BCUT2D eigenvalue weighted by atomic mass is 17.1. The summed E-state index contributed by atoms with van der Waals surface area (Å²) in [5, 5.41) is 16.0. The summed E-state index contributed by atoms with van der Waals surface area (Å²) in [5.41, 5.74) is 0. The number of hydrogen-bond acceptors (Lipinski definition) is 8. The average molecular weight is 208 g/mol. The molecule has 0 aromatic heterocycles. The fourth-order valence-corrected chi connectivity index (χ4v) is 0.620. The van der Waals surface area contributed by atoms with Gasteiger partial charge in [0.25, 0.3) is 11.5 Å². The van der Waals surface area contributed by atoms with Gasteiger partial charge in [0.1, 0.15) is 0 Å². The molecule has 80 valence electrons. The van der Waals surface area contributed by atoms with E-state index in [4.69, 9.17) is 10.5 Å². The summed E-state index contributed by atoms with van der Waals surface area (Å²) in [7, 11) is 2.05. The van der Waals surface area contributed by atoms with Crippen LogP contribution in [0.4, 0.5) is 0 Å². The lowest BCUT2D eigenvalue weighted by molar-refractivity contribution is -0.237. The highest BCUT2D eigenvalue weighted by Crippen LogP contribution is 2.09. The van der Waals surface area contributed by atoms with Crippen molar-refractivity contribution in [2.75, 3.05) is 14.2 Å². The van der Waals surface area contributed by atoms with Crippen LogP contribution in [0, 0.1) is 0 Å². The van der Waals surface area contributed by atoms with Crippen LogP contribution in [0.1, 0.15) is 0 Å². The van der Waals surface area contributed by atoms with Gasteiger partial charge in [-0.3, -0.25) is 9.78 Å². The van der Waals surface area contributed by atoms with Crippen LogP contribution in [0.3, 0.4) is 0 Å². The number of rotatable bonds is 4. The summed E-state index contributed by atoms with van der Waals surface area (Å²) in [5.74, 6) is -4.22. The van der Waals surface area contributed by atoms with E-state index in [0.717, 1.165) is 14.2 Å². The van der Waals surface area contributed by atoms with Gasteiger partial charge in [-0.05, 0) is 0 Å². The van der Waals surface area contributed by atoms with Crippen LogP contribution in [0.5, 0.6) is 0 Å². The number of hydrogen-bond donors (Lipinski definition) is 2. The Morgan fingerprint density at radius 3 is 1.29 bits per heavy atom. The zero-order chi connectivity index (χ0) is 11.1. The van der Waals surface area contributed by atoms with Crippen molar-refractivity contribution < 1.29 is 39.4 Å². The van der Waals surface area contributed by atoms with Gasteiger partial charge in [0.15, 0.2) is 0 Å². The monoisotopic (exact) mass is 208 g/mol. The molecule has 0 rings (SSSR count). The Labute approximate surface area is 78.1 Å². The fourth-order valence-electron chi connectivity index (χ4n) is 0.620. The molecule has 0 spiro atoms. The maximum Gasteiger partial charge on any atom is 0.411 e. The van der Waals surface area contributed by atoms with E-state index in [0.29, 0.717) is 0 Å². The lowest BCUT2D eigenvalue weighted by atomic mass is 10.4. The van der Waals surface area contributed by atoms with E-state index < -0.39 is 23.5 Å². The molecule has 0 saturated heterocycles. The minimum atomic E-state index is -1.37. The van der Waals surface area contributed by atoms with Crippen molar-refractivity contribution in [3.05, 3.63) is 11.5 Å². The summed E-state index contributed by atoms with van der Waals surface area (Å²) >= 11 is 0. The second-order valence-corrected chi connectivity index (χ2v) is 1.82. The van der Waals surface area contributed by atoms with Gasteiger partial charge in [0, 0.05) is 0 Å². The SMILES string of the molecule is COC(C(=O)OO)=C(OC)C(=O)OO. The molecule has 0 unspecified atom stereocenters. The molecule has 0 aliphatic heterocycles. The van der Waals surface area contributed by atoms with Crippen LogP contribution >= 0.6 is 0 Å². The highest BCUT2D eigenvalue weighted by Gasteiger charge is 2.26. The van der Waals surface area contributed by atoms with Crippen LogP contribution in [0.2, 0.25) is 0 Å². The number of carbonyl (C=O) groups excluding carboxylic acids is 2. The Morgan fingerprint density at radius 2 is 1.14 bits per heavy atom. The zero-order valence-corrected chi connectivity index (χ0v) is 7.34. The van der Waals surface area contributed by atoms with Gasteiger partial charge in [-0.2, -0.15) is 10.5 Å². The Balaban J connectivity index is 5.11. The summed E-state index contributed by atoms with van der Waals surface area (Å²) in [6, 6.07) is 0. The van der Waals surface area contributed by atoms with Crippen molar-refractivity contribution >= 4 is 11.9 Å². The number of carbonyl (C=O) groups is 2. The molecule has 14 heavy (non-hydrogen) atoms. The van der Waals surface area contributed by atoms with E-state index >= 15 is 0 Å². The third-order valence-electron chi connectivity index (χ3n) is 1.15. The normalized spacial score (nSPS) is 11.1. The molecule has 0 bridgehead atoms. The van der Waals surface area contributed by atoms with Crippen molar-refractivity contribution in [2.45, 2.75) is 0 Å². The Bertz CT molecular complexity index is 229. The molecule has 0 heterocycles. The Hall–Kier alpha value is -1.80. The highest BCUT2D eigenvalue weighted by molar-refractivity contribution is 5.97. The lowest BCUT2D eigenvalue weighted by Gasteiger charge is -2.06. The molecule has 0 atom stereocenters. The summed E-state index contributed by atoms with van der Waals surface area (Å²) < 4.78 is 8.77. The van der Waals surface area contributed by atoms with E-state index in [1.807, 2.05) is 0 Å². The van der Waals surface area contributed by atoms with E-state index in [-0.39, 0.29) is 0 Å². The minimum absolute atomic E-state index is 0.742. The third-order valence-corrected chi connectivity index (χ3v) is 1.15. The lowest BCUT2D eigenvalue weighted by Crippen LogP contribution is -2.17.